The predicted molar refractivity (Wildman–Crippen MR) is 151 cm³/mol. The first-order chi connectivity index (χ1) is 19.4. The Hall–Kier alpha value is -2.63. The van der Waals surface area contributed by atoms with E-state index in [9.17, 15) is 32.7 Å². The van der Waals surface area contributed by atoms with Gasteiger partial charge in [0.05, 0.1) is 45.5 Å². The van der Waals surface area contributed by atoms with Gasteiger partial charge in [-0.25, -0.2) is 0 Å². The monoisotopic (exact) mass is 632 g/mol. The molecule has 2 fully saturated rings. The number of benzene rings is 1. The number of amides is 1. The summed E-state index contributed by atoms with van der Waals surface area (Å²) >= 11 is 12.6. The maximum atomic E-state index is 14.5. The molecule has 0 spiro atoms. The van der Waals surface area contributed by atoms with Crippen molar-refractivity contribution in [1.82, 2.24) is 10.3 Å². The van der Waals surface area contributed by atoms with Crippen LogP contribution in [0.5, 0.6) is 0 Å². The predicted octanol–water partition coefficient (Wildman–Crippen LogP) is 5.58. The summed E-state index contributed by atoms with van der Waals surface area (Å²) < 4.78 is 50.0. The van der Waals surface area contributed by atoms with E-state index in [1.54, 1.807) is 26.0 Å². The highest BCUT2D eigenvalue weighted by Crippen LogP contribution is 2.39. The summed E-state index contributed by atoms with van der Waals surface area (Å²) in [4.78, 5) is 39.7. The van der Waals surface area contributed by atoms with Crippen LogP contribution in [0.1, 0.15) is 68.8 Å². The van der Waals surface area contributed by atoms with Crippen LogP contribution in [0.4, 0.5) is 13.2 Å². The van der Waals surface area contributed by atoms with Gasteiger partial charge in [-0.05, 0) is 71.1 Å². The molecule has 230 valence electrons. The molecule has 1 aromatic rings. The third-order valence-corrected chi connectivity index (χ3v) is 8.83. The summed E-state index contributed by atoms with van der Waals surface area (Å²) in [7, 11) is 0. The number of halogens is 5. The van der Waals surface area contributed by atoms with E-state index in [0.717, 1.165) is 21.3 Å². The van der Waals surface area contributed by atoms with Crippen molar-refractivity contribution >= 4 is 47.1 Å². The quantitative estimate of drug-likeness (QED) is 0.287. The second kappa shape index (κ2) is 11.8. The van der Waals surface area contributed by atoms with Gasteiger partial charge in [0.2, 0.25) is 0 Å². The molecule has 1 saturated heterocycles. The Bertz CT molecular complexity index is 1300. The number of ketones is 1. The summed E-state index contributed by atoms with van der Waals surface area (Å²) in [5.74, 6) is -2.82. The second-order valence-corrected chi connectivity index (χ2v) is 13.2. The first kappa shape index (κ1) is 32.3. The van der Waals surface area contributed by atoms with Gasteiger partial charge in [0.15, 0.2) is 12.0 Å². The van der Waals surface area contributed by atoms with Gasteiger partial charge in [-0.1, -0.05) is 23.2 Å². The van der Waals surface area contributed by atoms with E-state index in [1.807, 2.05) is 13.8 Å². The number of rotatable bonds is 8. The number of nitrogens with one attached hydrogen (secondary N) is 1. The van der Waals surface area contributed by atoms with Crippen LogP contribution in [-0.2, 0) is 14.3 Å². The number of alkyl halides is 3. The van der Waals surface area contributed by atoms with E-state index >= 15 is 0 Å². The number of carbonyl (C=O) groups excluding carboxylic acids is 2. The molecule has 2 atom stereocenters. The number of aliphatic carboxylic acids is 1. The van der Waals surface area contributed by atoms with Crippen molar-refractivity contribution in [2.45, 2.75) is 83.7 Å². The van der Waals surface area contributed by atoms with Gasteiger partial charge in [0.1, 0.15) is 5.57 Å². The number of hydrazine groups is 1. The average molecular weight is 634 g/mol. The molecule has 4 rings (SSSR count). The van der Waals surface area contributed by atoms with Crippen LogP contribution in [0.3, 0.4) is 0 Å². The molecular weight excluding hydrogens is 598 g/mol. The molecule has 2 N–H and O–H groups in total. The number of hydrogen-bond donors (Lipinski definition) is 2. The van der Waals surface area contributed by atoms with Crippen molar-refractivity contribution in [2.24, 2.45) is 11.3 Å². The topological polar surface area (TPSA) is 99.0 Å². The molecule has 0 radical (unpaired) electrons. The fourth-order valence-electron chi connectivity index (χ4n) is 5.91. The Kier molecular flexibility index (Phi) is 9.08. The molecule has 1 amide bonds. The van der Waals surface area contributed by atoms with E-state index in [1.165, 1.54) is 6.21 Å². The highest BCUT2D eigenvalue weighted by molar-refractivity contribution is 6.40. The van der Waals surface area contributed by atoms with E-state index in [2.05, 4.69) is 5.43 Å². The molecule has 3 aliphatic rings. The number of carbonyl (C=O) groups is 3. The molecule has 0 aromatic heterocycles. The van der Waals surface area contributed by atoms with Crippen LogP contribution in [0.2, 0.25) is 10.0 Å². The molecule has 2 unspecified atom stereocenters. The third-order valence-electron chi connectivity index (χ3n) is 8.24. The summed E-state index contributed by atoms with van der Waals surface area (Å²) in [6, 6.07) is 0.789. The van der Waals surface area contributed by atoms with Crippen LogP contribution in [0, 0.1) is 18.3 Å². The molecule has 2 heterocycles. The number of ether oxygens (including phenoxy) is 1. The number of carboxylic acids is 1. The van der Waals surface area contributed by atoms with Crippen molar-refractivity contribution in [1.29, 1.82) is 0 Å². The van der Waals surface area contributed by atoms with Gasteiger partial charge in [0, 0.05) is 18.9 Å². The Morgan fingerprint density at radius 1 is 1.17 bits per heavy atom. The fraction of sp³-hybridized carbons (Fsp3) is 0.586. The van der Waals surface area contributed by atoms with Crippen LogP contribution >= 0.6 is 23.2 Å². The van der Waals surface area contributed by atoms with Gasteiger partial charge in [-0.3, -0.25) is 14.4 Å². The van der Waals surface area contributed by atoms with E-state index < -0.39 is 59.1 Å². The maximum absolute atomic E-state index is 14.5. The van der Waals surface area contributed by atoms with Crippen LogP contribution in [-0.4, -0.2) is 75.6 Å². The van der Waals surface area contributed by atoms with Crippen LogP contribution in [0.25, 0.3) is 0 Å². The van der Waals surface area contributed by atoms with Crippen molar-refractivity contribution in [3.63, 3.8) is 0 Å². The molecule has 13 heteroatoms. The molecule has 8 nitrogen and oxygen atoms in total. The lowest BCUT2D eigenvalue weighted by molar-refractivity contribution is -0.620. The first-order valence-electron chi connectivity index (χ1n) is 13.8. The van der Waals surface area contributed by atoms with Gasteiger partial charge in [-0.2, -0.15) is 18.6 Å². The molecule has 42 heavy (non-hydrogen) atoms. The Morgan fingerprint density at radius 2 is 1.74 bits per heavy atom. The lowest BCUT2D eigenvalue weighted by Gasteiger charge is -2.44. The zero-order chi connectivity index (χ0) is 31.2. The third kappa shape index (κ3) is 6.94. The first-order valence-corrected chi connectivity index (χ1v) is 14.5. The minimum atomic E-state index is -4.83. The van der Waals surface area contributed by atoms with E-state index in [4.69, 9.17) is 27.9 Å². The van der Waals surface area contributed by atoms with Crippen molar-refractivity contribution in [2.75, 3.05) is 13.1 Å². The largest absolute Gasteiger partial charge is 0.481 e. The number of hydrazone groups is 1. The molecule has 1 aromatic carbocycles. The van der Waals surface area contributed by atoms with Gasteiger partial charge in [-0.15, -0.1) is 4.68 Å². The Balaban J connectivity index is 1.58. The molecule has 0 bridgehead atoms. The smallest absolute Gasteiger partial charge is 0.459 e. The highest BCUT2D eigenvalue weighted by atomic mass is 35.5. The summed E-state index contributed by atoms with van der Waals surface area (Å²) in [5, 5.41) is 9.64. The Morgan fingerprint density at radius 3 is 2.24 bits per heavy atom. The minimum Gasteiger partial charge on any atom is -0.481 e. The molecule has 1 saturated carbocycles. The standard InChI is InChI=1S/C29H34Cl2F3N3O5/c1-16-9-20(30)23(21(31)10-16)22(38)15-36(14-18-11-27(2,3)42-18)25(39)19-12-35-37(24(19)29(32,33)34)13-17-5-7-28(4,8-6-17)26(40)41/h9-10,12-13,17-18,24H,5-8,11,14-15H2,1-4H3,(H-,35,39,40,41)/p+1/b37-13+. The number of carboxylic acid groups (broad SMARTS) is 1. The van der Waals surface area contributed by atoms with E-state index in [0.29, 0.717) is 32.1 Å². The lowest BCUT2D eigenvalue weighted by atomic mass is 9.72. The highest BCUT2D eigenvalue weighted by Gasteiger charge is 2.57. The molecule has 1 aliphatic carbocycles. The zero-order valence-electron chi connectivity index (χ0n) is 23.9. The molecular formula is C29H35Cl2F3N3O5+. The van der Waals surface area contributed by atoms with Crippen molar-refractivity contribution in [3.05, 3.63) is 45.1 Å². The molecule has 2 aliphatic heterocycles. The van der Waals surface area contributed by atoms with Gasteiger partial charge >= 0.3 is 18.2 Å². The van der Waals surface area contributed by atoms with Crippen LogP contribution < -0.4 is 5.43 Å². The van der Waals surface area contributed by atoms with Crippen molar-refractivity contribution in [3.8, 4) is 0 Å². The number of aryl methyl sites for hydroxylation is 1. The summed E-state index contributed by atoms with van der Waals surface area (Å²) in [6.07, 6.45) is -0.923. The minimum absolute atomic E-state index is 0.0110. The van der Waals surface area contributed by atoms with Crippen molar-refractivity contribution < 1.29 is 42.1 Å². The fourth-order valence-corrected chi connectivity index (χ4v) is 6.72. The van der Waals surface area contributed by atoms with Gasteiger partial charge in [0.25, 0.3) is 5.91 Å². The second-order valence-electron chi connectivity index (χ2n) is 12.3. The normalized spacial score (nSPS) is 28.1. The van der Waals surface area contributed by atoms with Crippen LogP contribution in [0.15, 0.2) is 23.9 Å². The maximum Gasteiger partial charge on any atom is 0.459 e. The lowest BCUT2D eigenvalue weighted by Crippen LogP contribution is -2.54. The zero-order valence-corrected chi connectivity index (χ0v) is 25.4. The Labute approximate surface area is 252 Å². The number of nitrogens with zero attached hydrogens (tertiary/aromatic N) is 2. The van der Waals surface area contributed by atoms with E-state index in [-0.39, 0.29) is 28.1 Å². The van der Waals surface area contributed by atoms with Gasteiger partial charge < -0.3 is 14.7 Å². The number of Topliss-reactive ketones (excluding diaryl/α,β-unsaturated/α-hetero) is 1. The SMILES string of the molecule is Cc1cc(Cl)c(C(=O)CN(CC2CC(C)(C)O2)C(=O)C2=CN/[N+](=C/C3CCC(C)(C(=O)O)CC3)C2C(F)(F)F)c(Cl)c1. The summed E-state index contributed by atoms with van der Waals surface area (Å²) in [5.41, 5.74) is 1.34. The summed E-state index contributed by atoms with van der Waals surface area (Å²) in [6.45, 7) is 6.44. The number of hydrogen-bond acceptors (Lipinski definition) is 5. The average Bonchev–Trinajstić information content (AvgIpc) is 3.27.